The van der Waals surface area contributed by atoms with Gasteiger partial charge in [-0.05, 0) is 50.2 Å². The molecule has 1 aliphatic heterocycles. The molecule has 3 rings (SSSR count). The Labute approximate surface area is 181 Å². The van der Waals surface area contributed by atoms with Crippen molar-refractivity contribution in [2.75, 3.05) is 36.6 Å². The third-order valence-electron chi connectivity index (χ3n) is 4.71. The van der Waals surface area contributed by atoms with Crippen LogP contribution in [0.2, 0.25) is 0 Å². The van der Waals surface area contributed by atoms with Crippen LogP contribution in [0, 0.1) is 5.92 Å². The lowest BCUT2D eigenvalue weighted by Crippen LogP contribution is -2.28. The van der Waals surface area contributed by atoms with Crippen molar-refractivity contribution in [3.8, 4) is 11.5 Å². The van der Waals surface area contributed by atoms with Gasteiger partial charge in [0.2, 0.25) is 5.91 Å². The fourth-order valence-electron chi connectivity index (χ4n) is 3.31. The molecule has 31 heavy (non-hydrogen) atoms. The summed E-state index contributed by atoms with van der Waals surface area (Å²) in [5.41, 5.74) is 1.19. The maximum Gasteiger partial charge on any atom is 0.311 e. The van der Waals surface area contributed by atoms with Gasteiger partial charge in [0, 0.05) is 18.7 Å². The fourth-order valence-corrected chi connectivity index (χ4v) is 3.31. The molecule has 2 aromatic rings. The van der Waals surface area contributed by atoms with Gasteiger partial charge in [0.25, 0.3) is 5.91 Å². The van der Waals surface area contributed by atoms with Gasteiger partial charge in [0.1, 0.15) is 11.5 Å². The first-order valence-corrected chi connectivity index (χ1v) is 10.2. The van der Waals surface area contributed by atoms with Crippen molar-refractivity contribution in [3.05, 3.63) is 48.5 Å². The average Bonchev–Trinajstić information content (AvgIpc) is 3.16. The van der Waals surface area contributed by atoms with Gasteiger partial charge in [-0.25, -0.2) is 0 Å². The minimum atomic E-state index is -0.638. The van der Waals surface area contributed by atoms with Crippen LogP contribution >= 0.6 is 0 Å². The first kappa shape index (κ1) is 22.1. The summed E-state index contributed by atoms with van der Waals surface area (Å²) in [4.78, 5) is 38.5. The van der Waals surface area contributed by atoms with Crippen LogP contribution in [0.4, 0.5) is 11.4 Å². The van der Waals surface area contributed by atoms with E-state index in [-0.39, 0.29) is 18.9 Å². The number of anilines is 2. The number of hydrogen-bond donors (Lipinski definition) is 1. The molecule has 0 radical (unpaired) electrons. The number of rotatable bonds is 9. The van der Waals surface area contributed by atoms with Gasteiger partial charge in [0.05, 0.1) is 24.8 Å². The summed E-state index contributed by atoms with van der Waals surface area (Å²) >= 11 is 0. The summed E-state index contributed by atoms with van der Waals surface area (Å²) in [7, 11) is 0. The first-order chi connectivity index (χ1) is 15.0. The molecule has 1 N–H and O–H groups in total. The Balaban J connectivity index is 1.52. The summed E-state index contributed by atoms with van der Waals surface area (Å²) < 4.78 is 16.1. The Kier molecular flexibility index (Phi) is 7.48. The highest BCUT2D eigenvalue weighted by atomic mass is 16.5. The molecule has 0 spiro atoms. The molecule has 1 fully saturated rings. The minimum Gasteiger partial charge on any atom is -0.494 e. The zero-order chi connectivity index (χ0) is 22.2. The fraction of sp³-hybridized carbons (Fsp3) is 0.348. The molecule has 0 saturated carbocycles. The molecule has 0 unspecified atom stereocenters. The third-order valence-corrected chi connectivity index (χ3v) is 4.71. The lowest BCUT2D eigenvalue weighted by molar-refractivity contribution is -0.151. The lowest BCUT2D eigenvalue weighted by atomic mass is 10.1. The standard InChI is InChI=1S/C23H26N2O6/c1-3-29-18-11-9-17(10-12-18)24-21(26)15-31-23(28)16-13-22(27)25(14-16)19-7-5-6-8-20(19)30-4-2/h5-12,16H,3-4,13-15H2,1-2H3,(H,24,26)/t16-/m0/s1. The molecule has 2 aromatic carbocycles. The number of hydrogen-bond acceptors (Lipinski definition) is 6. The Morgan fingerprint density at radius 1 is 1.03 bits per heavy atom. The monoisotopic (exact) mass is 426 g/mol. The third kappa shape index (κ3) is 5.75. The maximum atomic E-state index is 12.5. The summed E-state index contributed by atoms with van der Waals surface area (Å²) in [5.74, 6) is -0.573. The van der Waals surface area contributed by atoms with Crippen LogP contribution in [0.15, 0.2) is 48.5 Å². The predicted octanol–water partition coefficient (Wildman–Crippen LogP) is 3.02. The summed E-state index contributed by atoms with van der Waals surface area (Å²) in [6, 6.07) is 14.1. The van der Waals surface area contributed by atoms with E-state index in [1.165, 1.54) is 4.90 Å². The van der Waals surface area contributed by atoms with Crippen LogP contribution in [-0.4, -0.2) is 44.1 Å². The van der Waals surface area contributed by atoms with E-state index < -0.39 is 24.4 Å². The SMILES string of the molecule is CCOc1ccc(NC(=O)COC(=O)[C@H]2CC(=O)N(c3ccccc3OCC)C2)cc1. The zero-order valence-corrected chi connectivity index (χ0v) is 17.6. The molecule has 8 nitrogen and oxygen atoms in total. The summed E-state index contributed by atoms with van der Waals surface area (Å²) in [6.07, 6.45) is 0.0276. The molecule has 0 aromatic heterocycles. The predicted molar refractivity (Wildman–Crippen MR) is 115 cm³/mol. The molecular weight excluding hydrogens is 400 g/mol. The molecule has 2 amide bonds. The highest BCUT2D eigenvalue weighted by molar-refractivity contribution is 6.01. The van der Waals surface area contributed by atoms with Crippen molar-refractivity contribution in [3.63, 3.8) is 0 Å². The normalized spacial score (nSPS) is 15.5. The minimum absolute atomic E-state index is 0.0276. The zero-order valence-electron chi connectivity index (χ0n) is 17.6. The quantitative estimate of drug-likeness (QED) is 0.620. The Morgan fingerprint density at radius 2 is 1.74 bits per heavy atom. The van der Waals surface area contributed by atoms with Gasteiger partial charge in [-0.15, -0.1) is 0 Å². The number of benzene rings is 2. The van der Waals surface area contributed by atoms with E-state index in [4.69, 9.17) is 14.2 Å². The van der Waals surface area contributed by atoms with Crippen LogP contribution in [0.5, 0.6) is 11.5 Å². The molecule has 164 valence electrons. The van der Waals surface area contributed by atoms with E-state index >= 15 is 0 Å². The number of esters is 1. The number of amides is 2. The molecule has 0 aliphatic carbocycles. The van der Waals surface area contributed by atoms with Crippen molar-refractivity contribution in [1.29, 1.82) is 0 Å². The second kappa shape index (κ2) is 10.5. The van der Waals surface area contributed by atoms with Crippen LogP contribution in [0.1, 0.15) is 20.3 Å². The van der Waals surface area contributed by atoms with E-state index in [2.05, 4.69) is 5.32 Å². The van der Waals surface area contributed by atoms with Gasteiger partial charge >= 0.3 is 5.97 Å². The van der Waals surface area contributed by atoms with Gasteiger partial charge in [-0.3, -0.25) is 14.4 Å². The number of para-hydroxylation sites is 2. The largest absolute Gasteiger partial charge is 0.494 e. The number of nitrogens with zero attached hydrogens (tertiary/aromatic N) is 1. The number of nitrogens with one attached hydrogen (secondary N) is 1. The van der Waals surface area contributed by atoms with Crippen LogP contribution in [0.25, 0.3) is 0 Å². The highest BCUT2D eigenvalue weighted by Gasteiger charge is 2.37. The smallest absolute Gasteiger partial charge is 0.311 e. The van der Waals surface area contributed by atoms with Crippen LogP contribution in [0.3, 0.4) is 0 Å². The van der Waals surface area contributed by atoms with E-state index in [1.54, 1.807) is 36.4 Å². The molecule has 1 atom stereocenters. The first-order valence-electron chi connectivity index (χ1n) is 10.2. The molecule has 0 bridgehead atoms. The maximum absolute atomic E-state index is 12.5. The molecule has 8 heteroatoms. The molecule has 1 saturated heterocycles. The van der Waals surface area contributed by atoms with Crippen molar-refractivity contribution >= 4 is 29.2 Å². The Hall–Kier alpha value is -3.55. The molecular formula is C23H26N2O6. The van der Waals surface area contributed by atoms with Crippen LogP contribution in [-0.2, 0) is 19.1 Å². The number of ether oxygens (including phenoxy) is 3. The van der Waals surface area contributed by atoms with Gasteiger partial charge in [-0.2, -0.15) is 0 Å². The highest BCUT2D eigenvalue weighted by Crippen LogP contribution is 2.33. The molecule has 1 aliphatic rings. The van der Waals surface area contributed by atoms with Crippen LogP contribution < -0.4 is 19.7 Å². The van der Waals surface area contributed by atoms with Crippen molar-refractivity contribution in [2.24, 2.45) is 5.92 Å². The number of carbonyl (C=O) groups excluding carboxylic acids is 3. The van der Waals surface area contributed by atoms with Crippen molar-refractivity contribution in [1.82, 2.24) is 0 Å². The summed E-state index contributed by atoms with van der Waals surface area (Å²) in [6.45, 7) is 4.53. The molecule has 1 heterocycles. The number of carbonyl (C=O) groups is 3. The Morgan fingerprint density at radius 3 is 2.45 bits per heavy atom. The summed E-state index contributed by atoms with van der Waals surface area (Å²) in [5, 5.41) is 2.66. The van der Waals surface area contributed by atoms with E-state index in [1.807, 2.05) is 26.0 Å². The van der Waals surface area contributed by atoms with E-state index in [0.717, 1.165) is 0 Å². The average molecular weight is 426 g/mol. The lowest BCUT2D eigenvalue weighted by Gasteiger charge is -2.19. The van der Waals surface area contributed by atoms with E-state index in [0.29, 0.717) is 36.1 Å². The van der Waals surface area contributed by atoms with E-state index in [9.17, 15) is 14.4 Å². The van der Waals surface area contributed by atoms with Crippen molar-refractivity contribution in [2.45, 2.75) is 20.3 Å². The second-order valence-corrected chi connectivity index (χ2v) is 6.92. The van der Waals surface area contributed by atoms with Gasteiger partial charge in [-0.1, -0.05) is 12.1 Å². The topological polar surface area (TPSA) is 94.2 Å². The van der Waals surface area contributed by atoms with Crippen molar-refractivity contribution < 1.29 is 28.6 Å². The van der Waals surface area contributed by atoms with Gasteiger partial charge < -0.3 is 24.4 Å². The Bertz CT molecular complexity index is 928. The van der Waals surface area contributed by atoms with Gasteiger partial charge in [0.15, 0.2) is 6.61 Å². The second-order valence-electron chi connectivity index (χ2n) is 6.92.